The van der Waals surface area contributed by atoms with Crippen LogP contribution in [-0.2, 0) is 9.47 Å². The van der Waals surface area contributed by atoms with Gasteiger partial charge in [0, 0.05) is 13.2 Å². The van der Waals surface area contributed by atoms with Crippen molar-refractivity contribution >= 4 is 0 Å². The Balaban J connectivity index is 0.000000480. The van der Waals surface area contributed by atoms with Gasteiger partial charge in [0.15, 0.2) is 0 Å². The molecule has 4 aliphatic rings. The zero-order valence-corrected chi connectivity index (χ0v) is 17.5. The van der Waals surface area contributed by atoms with E-state index in [2.05, 4.69) is 41.5 Å². The van der Waals surface area contributed by atoms with Crippen LogP contribution in [0.2, 0.25) is 0 Å². The molecule has 0 aromatic heterocycles. The van der Waals surface area contributed by atoms with E-state index in [1.807, 2.05) is 0 Å². The van der Waals surface area contributed by atoms with E-state index in [4.69, 9.17) is 9.47 Å². The number of unbranched alkanes of at least 4 members (excludes halogenated alkanes) is 1. The molecule has 170 valence electrons. The number of ether oxygens (including phenoxy) is 2. The normalized spacial score (nSPS) is 45.6. The molecular weight excluding hydrogens is 344 g/mol. The molecule has 10 unspecified atom stereocenters. The molecule has 4 rings (SSSR count). The molecule has 0 N–H and O–H groups in total. The zero-order valence-electron chi connectivity index (χ0n) is 17.5. The second-order valence-electron chi connectivity index (χ2n) is 9.62. The summed E-state index contributed by atoms with van der Waals surface area (Å²) in [6.07, 6.45) is 7.70. The van der Waals surface area contributed by atoms with E-state index in [0.717, 1.165) is 60.6 Å². The average molecular weight is 399 g/mol. The zero-order chi connectivity index (χ0) is 18.1. The second-order valence-corrected chi connectivity index (χ2v) is 9.62. The minimum Gasteiger partial charge on any atom is -0.378 e. The van der Waals surface area contributed by atoms with Gasteiger partial charge in [0.25, 0.3) is 0 Å². The molecule has 2 heteroatoms. The Kier molecular flexibility index (Phi) is 11.9. The van der Waals surface area contributed by atoms with Crippen LogP contribution in [-0.4, -0.2) is 25.4 Å². The van der Waals surface area contributed by atoms with Crippen molar-refractivity contribution in [1.82, 2.24) is 0 Å². The monoisotopic (exact) mass is 398 g/mol. The molecule has 0 radical (unpaired) electrons. The number of hydrogen-bond donors (Lipinski definition) is 0. The lowest BCUT2D eigenvalue weighted by atomic mass is 9.54. The highest BCUT2D eigenvalue weighted by molar-refractivity contribution is 4.98. The summed E-state index contributed by atoms with van der Waals surface area (Å²) in [5, 5.41) is 0. The van der Waals surface area contributed by atoms with E-state index in [1.165, 1.54) is 32.1 Å². The quantitative estimate of drug-likeness (QED) is 0.484. The van der Waals surface area contributed by atoms with Crippen molar-refractivity contribution < 1.29 is 9.47 Å². The first-order valence-electron chi connectivity index (χ1n) is 11.2. The van der Waals surface area contributed by atoms with Crippen molar-refractivity contribution in [2.75, 3.05) is 13.2 Å². The molecule has 0 bridgehead atoms. The van der Waals surface area contributed by atoms with Gasteiger partial charge in [-0.1, -0.05) is 69.7 Å². The van der Waals surface area contributed by atoms with Crippen molar-refractivity contribution in [3.63, 3.8) is 0 Å². The maximum Gasteiger partial charge on any atom is 0.0608 e. The molecule has 2 saturated heterocycles. The average Bonchev–Trinajstić information content (AvgIpc) is 2.65. The smallest absolute Gasteiger partial charge is 0.0608 e. The topological polar surface area (TPSA) is 18.5 Å². The van der Waals surface area contributed by atoms with Crippen molar-refractivity contribution in [3.8, 4) is 0 Å². The lowest BCUT2D eigenvalue weighted by Crippen LogP contribution is -2.53. The van der Waals surface area contributed by atoms with Crippen LogP contribution in [0.1, 0.15) is 95.9 Å². The molecule has 28 heavy (non-hydrogen) atoms. The van der Waals surface area contributed by atoms with Gasteiger partial charge in [0.05, 0.1) is 12.2 Å². The Morgan fingerprint density at radius 1 is 0.679 bits per heavy atom. The summed E-state index contributed by atoms with van der Waals surface area (Å²) in [5.74, 6) is 7.44. The van der Waals surface area contributed by atoms with Crippen LogP contribution in [0.4, 0.5) is 0 Å². The van der Waals surface area contributed by atoms with E-state index in [0.29, 0.717) is 12.2 Å². The van der Waals surface area contributed by atoms with Gasteiger partial charge in [0.2, 0.25) is 0 Å². The maximum absolute atomic E-state index is 5.93. The number of rotatable bonds is 3. The second kappa shape index (κ2) is 11.9. The lowest BCUT2D eigenvalue weighted by molar-refractivity contribution is -0.162. The van der Waals surface area contributed by atoms with Gasteiger partial charge >= 0.3 is 0 Å². The van der Waals surface area contributed by atoms with Gasteiger partial charge in [-0.15, -0.1) is 0 Å². The predicted octanol–water partition coefficient (Wildman–Crippen LogP) is 7.71. The molecule has 10 atom stereocenters. The number of fused-ring (bicyclic) bond motifs is 2. The van der Waals surface area contributed by atoms with Crippen LogP contribution in [0.15, 0.2) is 0 Å². The molecule has 0 aromatic rings. The van der Waals surface area contributed by atoms with Crippen LogP contribution in [0.25, 0.3) is 0 Å². The fourth-order valence-corrected chi connectivity index (χ4v) is 6.62. The van der Waals surface area contributed by atoms with Gasteiger partial charge in [-0.25, -0.2) is 0 Å². The molecule has 2 aliphatic heterocycles. The van der Waals surface area contributed by atoms with Crippen molar-refractivity contribution in [1.29, 1.82) is 0 Å². The Hall–Kier alpha value is -0.0800. The molecule has 2 saturated carbocycles. The predicted molar refractivity (Wildman–Crippen MR) is 125 cm³/mol. The van der Waals surface area contributed by atoms with Crippen LogP contribution >= 0.6 is 0 Å². The molecule has 4 fully saturated rings. The molecule has 2 aliphatic carbocycles. The third-order valence-electron chi connectivity index (χ3n) is 8.64. The SMILES string of the molecule is C.C.C.CC1OCCC2C(C)C(C)C12.CCCCC1OCCC2C(C)C(C)C12. The minimum atomic E-state index is 0. The van der Waals surface area contributed by atoms with Gasteiger partial charge < -0.3 is 9.47 Å². The minimum absolute atomic E-state index is 0. The van der Waals surface area contributed by atoms with Crippen molar-refractivity contribution in [3.05, 3.63) is 0 Å². The summed E-state index contributed by atoms with van der Waals surface area (Å²) in [6, 6.07) is 0. The largest absolute Gasteiger partial charge is 0.378 e. The first-order chi connectivity index (χ1) is 12.0. The summed E-state index contributed by atoms with van der Waals surface area (Å²) < 4.78 is 11.6. The summed E-state index contributed by atoms with van der Waals surface area (Å²) in [7, 11) is 0. The van der Waals surface area contributed by atoms with E-state index in [1.54, 1.807) is 0 Å². The summed E-state index contributed by atoms with van der Waals surface area (Å²) in [6.45, 7) is 16.1. The molecule has 0 amide bonds. The van der Waals surface area contributed by atoms with E-state index in [9.17, 15) is 0 Å². The molecule has 0 aromatic carbocycles. The Morgan fingerprint density at radius 3 is 1.71 bits per heavy atom. The fraction of sp³-hybridized carbons (Fsp3) is 1.00. The Morgan fingerprint density at radius 2 is 1.18 bits per heavy atom. The van der Waals surface area contributed by atoms with Crippen LogP contribution in [0, 0.1) is 47.3 Å². The molecule has 2 nitrogen and oxygen atoms in total. The van der Waals surface area contributed by atoms with E-state index < -0.39 is 0 Å². The number of hydrogen-bond acceptors (Lipinski definition) is 2. The highest BCUT2D eigenvalue weighted by Crippen LogP contribution is 2.53. The molecular formula is C26H54O2. The van der Waals surface area contributed by atoms with E-state index >= 15 is 0 Å². The fourth-order valence-electron chi connectivity index (χ4n) is 6.62. The summed E-state index contributed by atoms with van der Waals surface area (Å²) in [4.78, 5) is 0. The molecule has 2 heterocycles. The van der Waals surface area contributed by atoms with E-state index in [-0.39, 0.29) is 22.3 Å². The lowest BCUT2D eigenvalue weighted by Gasteiger charge is -2.55. The summed E-state index contributed by atoms with van der Waals surface area (Å²) in [5.41, 5.74) is 0. The third-order valence-corrected chi connectivity index (χ3v) is 8.64. The first kappa shape index (κ1) is 27.9. The van der Waals surface area contributed by atoms with Gasteiger partial charge in [-0.3, -0.25) is 0 Å². The Bertz CT molecular complexity index is 419. The van der Waals surface area contributed by atoms with Crippen LogP contribution < -0.4 is 0 Å². The third kappa shape index (κ3) is 5.15. The maximum atomic E-state index is 5.93. The standard InChI is InChI=1S/C13H24O.C10H18O.3CH4/c1-4-5-6-12-13-10(3)9(2)11(13)7-8-14-12;1-6-7(2)10-8(3)11-5-4-9(6)10;;;/h9-13H,4-8H2,1-3H3;6-10H,4-5H2,1-3H3;3*1H4. The highest BCUT2D eigenvalue weighted by atomic mass is 16.5. The summed E-state index contributed by atoms with van der Waals surface area (Å²) >= 11 is 0. The van der Waals surface area contributed by atoms with Crippen LogP contribution in [0.3, 0.4) is 0 Å². The van der Waals surface area contributed by atoms with Gasteiger partial charge in [-0.05, 0) is 73.5 Å². The highest BCUT2D eigenvalue weighted by Gasteiger charge is 2.50. The van der Waals surface area contributed by atoms with Crippen molar-refractivity contribution in [2.45, 2.75) is 108 Å². The Labute approximate surface area is 178 Å². The van der Waals surface area contributed by atoms with Crippen molar-refractivity contribution in [2.24, 2.45) is 47.3 Å². The van der Waals surface area contributed by atoms with Crippen LogP contribution in [0.5, 0.6) is 0 Å². The first-order valence-corrected chi connectivity index (χ1v) is 11.2. The van der Waals surface area contributed by atoms with Gasteiger partial charge in [0.1, 0.15) is 0 Å². The molecule has 0 spiro atoms. The van der Waals surface area contributed by atoms with Gasteiger partial charge in [-0.2, -0.15) is 0 Å².